The van der Waals surface area contributed by atoms with Crippen LogP contribution < -0.4 is 9.64 Å². The van der Waals surface area contributed by atoms with Gasteiger partial charge in [-0.2, -0.15) is 0 Å². The number of carbonyl (C=O) groups is 2. The number of hydrogen-bond acceptors (Lipinski definition) is 4. The lowest BCUT2D eigenvalue weighted by Crippen LogP contribution is -2.33. The molecule has 0 N–H and O–H groups in total. The third kappa shape index (κ3) is 5.38. The summed E-state index contributed by atoms with van der Waals surface area (Å²) in [6.07, 6.45) is -0.839. The van der Waals surface area contributed by atoms with Gasteiger partial charge in [0.2, 0.25) is 0 Å². The van der Waals surface area contributed by atoms with E-state index >= 15 is 0 Å². The van der Waals surface area contributed by atoms with E-state index in [0.29, 0.717) is 0 Å². The number of methoxy groups -OCH3 is 1. The second-order valence-corrected chi connectivity index (χ2v) is 7.07. The maximum atomic E-state index is 14.6. The predicted molar refractivity (Wildman–Crippen MR) is 113 cm³/mol. The van der Waals surface area contributed by atoms with Crippen LogP contribution >= 0.6 is 11.6 Å². The Kier molecular flexibility index (Phi) is 6.87. The molecule has 0 unspecified atom stereocenters. The van der Waals surface area contributed by atoms with Crippen LogP contribution in [0, 0.1) is 18.6 Å². The Morgan fingerprint density at radius 2 is 1.71 bits per heavy atom. The first-order chi connectivity index (χ1) is 14.8. The number of benzene rings is 3. The molecule has 1 amide bonds. The fraction of sp³-hybridized carbons (Fsp3) is 0.130. The number of aryl methyl sites for hydroxylation is 1. The van der Waals surface area contributed by atoms with Crippen molar-refractivity contribution in [1.29, 1.82) is 0 Å². The van der Waals surface area contributed by atoms with E-state index in [9.17, 15) is 18.4 Å². The maximum Gasteiger partial charge on any atom is 0.420 e. The molecule has 5 nitrogen and oxygen atoms in total. The number of anilines is 1. The fourth-order valence-electron chi connectivity index (χ4n) is 2.80. The number of esters is 1. The van der Waals surface area contributed by atoms with Crippen LogP contribution in [-0.4, -0.2) is 19.2 Å². The summed E-state index contributed by atoms with van der Waals surface area (Å²) in [6.45, 7) is 1.61. The molecule has 0 aliphatic heterocycles. The number of nitrogens with zero attached hydrogens (tertiary/aromatic N) is 1. The van der Waals surface area contributed by atoms with Crippen LogP contribution in [0.5, 0.6) is 5.75 Å². The normalized spacial score (nSPS) is 10.5. The lowest BCUT2D eigenvalue weighted by molar-refractivity contribution is 0.0600. The molecule has 0 saturated carbocycles. The maximum absolute atomic E-state index is 14.6. The van der Waals surface area contributed by atoms with E-state index in [1.807, 2.05) is 6.92 Å². The summed E-state index contributed by atoms with van der Waals surface area (Å²) in [5.74, 6) is -1.73. The molecule has 0 heterocycles. The Morgan fingerprint density at radius 1 is 1.00 bits per heavy atom. The van der Waals surface area contributed by atoms with E-state index in [4.69, 9.17) is 16.3 Å². The van der Waals surface area contributed by atoms with E-state index in [0.717, 1.165) is 28.7 Å². The average molecular weight is 446 g/mol. The van der Waals surface area contributed by atoms with Crippen molar-refractivity contribution in [2.24, 2.45) is 0 Å². The molecule has 0 bridgehead atoms. The van der Waals surface area contributed by atoms with Crippen LogP contribution in [0.1, 0.15) is 21.5 Å². The highest BCUT2D eigenvalue weighted by Gasteiger charge is 2.23. The number of halogens is 3. The zero-order chi connectivity index (χ0) is 22.5. The van der Waals surface area contributed by atoms with Gasteiger partial charge in [-0.1, -0.05) is 35.4 Å². The average Bonchev–Trinajstić information content (AvgIpc) is 2.74. The topological polar surface area (TPSA) is 55.8 Å². The second kappa shape index (κ2) is 9.57. The molecule has 3 aromatic carbocycles. The highest BCUT2D eigenvalue weighted by atomic mass is 35.5. The molecule has 0 aliphatic rings. The summed E-state index contributed by atoms with van der Waals surface area (Å²) in [5, 5.41) is -0.0487. The Hall–Kier alpha value is -3.45. The SMILES string of the molecule is COC(=O)c1ccc(CN(C(=O)Oc2ccc(C)cc2)c2ccc(F)cc2Cl)c(F)c1. The molecule has 8 heteroatoms. The van der Waals surface area contributed by atoms with Crippen LogP contribution in [0.4, 0.5) is 19.3 Å². The van der Waals surface area contributed by atoms with Gasteiger partial charge in [0, 0.05) is 5.56 Å². The van der Waals surface area contributed by atoms with Crippen LogP contribution in [-0.2, 0) is 11.3 Å². The van der Waals surface area contributed by atoms with Crippen molar-refractivity contribution in [3.63, 3.8) is 0 Å². The molecule has 0 aromatic heterocycles. The highest BCUT2D eigenvalue weighted by molar-refractivity contribution is 6.33. The van der Waals surface area contributed by atoms with Gasteiger partial charge in [0.05, 0.1) is 29.9 Å². The smallest absolute Gasteiger partial charge is 0.420 e. The molecule has 0 aliphatic carbocycles. The first kappa shape index (κ1) is 22.2. The molecule has 3 rings (SSSR count). The summed E-state index contributed by atoms with van der Waals surface area (Å²) in [7, 11) is 1.19. The quantitative estimate of drug-likeness (QED) is 0.457. The first-order valence-electron chi connectivity index (χ1n) is 9.16. The molecule has 160 valence electrons. The van der Waals surface area contributed by atoms with E-state index in [1.165, 1.54) is 25.3 Å². The van der Waals surface area contributed by atoms with Crippen LogP contribution in [0.2, 0.25) is 5.02 Å². The molecule has 0 spiro atoms. The van der Waals surface area contributed by atoms with Crippen LogP contribution in [0.3, 0.4) is 0 Å². The Balaban J connectivity index is 1.95. The summed E-state index contributed by atoms with van der Waals surface area (Å²) >= 11 is 6.14. The van der Waals surface area contributed by atoms with E-state index < -0.39 is 23.7 Å². The molecular formula is C23H18ClF2NO4. The molecule has 0 fully saturated rings. The van der Waals surface area contributed by atoms with Gasteiger partial charge in [0.1, 0.15) is 17.4 Å². The Labute approximate surface area is 182 Å². The van der Waals surface area contributed by atoms with Gasteiger partial charge >= 0.3 is 12.1 Å². The lowest BCUT2D eigenvalue weighted by atomic mass is 10.1. The van der Waals surface area contributed by atoms with Crippen molar-refractivity contribution in [3.05, 3.63) is 94.0 Å². The van der Waals surface area contributed by atoms with Crippen molar-refractivity contribution in [1.82, 2.24) is 0 Å². The van der Waals surface area contributed by atoms with Crippen molar-refractivity contribution >= 4 is 29.4 Å². The minimum Gasteiger partial charge on any atom is -0.465 e. The van der Waals surface area contributed by atoms with Crippen LogP contribution in [0.15, 0.2) is 60.7 Å². The number of rotatable bonds is 5. The molecule has 31 heavy (non-hydrogen) atoms. The van der Waals surface area contributed by atoms with Gasteiger partial charge < -0.3 is 9.47 Å². The number of carbonyl (C=O) groups excluding carboxylic acids is 2. The van der Waals surface area contributed by atoms with Gasteiger partial charge in [0.15, 0.2) is 0 Å². The minimum atomic E-state index is -0.839. The molecule has 0 saturated heterocycles. The third-order valence-electron chi connectivity index (χ3n) is 4.45. The standard InChI is InChI=1S/C23H18ClF2NO4/c1-14-3-8-18(9-4-14)31-23(29)27(21-10-7-17(25)12-19(21)24)13-16-6-5-15(11-20(16)26)22(28)30-2/h3-12H,13H2,1-2H3. The summed E-state index contributed by atoms with van der Waals surface area (Å²) in [6, 6.07) is 14.0. The molecule has 0 radical (unpaired) electrons. The van der Waals surface area contributed by atoms with E-state index in [2.05, 4.69) is 4.74 Å². The van der Waals surface area contributed by atoms with Crippen molar-refractivity contribution in [2.75, 3.05) is 12.0 Å². The van der Waals surface area contributed by atoms with Gasteiger partial charge in [0.25, 0.3) is 0 Å². The molecule has 0 atom stereocenters. The lowest BCUT2D eigenvalue weighted by Gasteiger charge is -2.23. The summed E-state index contributed by atoms with van der Waals surface area (Å²) < 4.78 is 38.1. The van der Waals surface area contributed by atoms with Crippen molar-refractivity contribution in [2.45, 2.75) is 13.5 Å². The van der Waals surface area contributed by atoms with Gasteiger partial charge in [-0.05, 0) is 49.4 Å². The van der Waals surface area contributed by atoms with Crippen molar-refractivity contribution in [3.8, 4) is 5.75 Å². The molecular weight excluding hydrogens is 428 g/mol. The third-order valence-corrected chi connectivity index (χ3v) is 4.75. The van der Waals surface area contributed by atoms with Gasteiger partial charge in [-0.15, -0.1) is 0 Å². The van der Waals surface area contributed by atoms with Crippen LogP contribution in [0.25, 0.3) is 0 Å². The predicted octanol–water partition coefficient (Wildman–Crippen LogP) is 5.92. The molecule has 3 aromatic rings. The fourth-order valence-corrected chi connectivity index (χ4v) is 3.07. The Bertz CT molecular complexity index is 1120. The Morgan fingerprint density at radius 3 is 2.32 bits per heavy atom. The van der Waals surface area contributed by atoms with Gasteiger partial charge in [-0.3, -0.25) is 4.90 Å². The van der Waals surface area contributed by atoms with Gasteiger partial charge in [-0.25, -0.2) is 18.4 Å². The highest BCUT2D eigenvalue weighted by Crippen LogP contribution is 2.29. The number of hydrogen-bond donors (Lipinski definition) is 0. The summed E-state index contributed by atoms with van der Waals surface area (Å²) in [4.78, 5) is 25.6. The summed E-state index contributed by atoms with van der Waals surface area (Å²) in [5.41, 5.74) is 1.23. The number of ether oxygens (including phenoxy) is 2. The monoisotopic (exact) mass is 445 g/mol. The zero-order valence-electron chi connectivity index (χ0n) is 16.7. The minimum absolute atomic E-state index is 0.0253. The zero-order valence-corrected chi connectivity index (χ0v) is 17.5. The first-order valence-corrected chi connectivity index (χ1v) is 9.54. The van der Waals surface area contributed by atoms with Crippen molar-refractivity contribution < 1.29 is 27.8 Å². The second-order valence-electron chi connectivity index (χ2n) is 6.66. The largest absolute Gasteiger partial charge is 0.465 e. The number of amides is 1. The van der Waals surface area contributed by atoms with E-state index in [1.54, 1.807) is 24.3 Å². The van der Waals surface area contributed by atoms with E-state index in [-0.39, 0.29) is 34.1 Å².